The minimum Gasteiger partial charge on any atom is -0.376 e. The fraction of sp³-hybridized carbons (Fsp3) is 0.588. The highest BCUT2D eigenvalue weighted by Gasteiger charge is 2.30. The second-order valence-corrected chi connectivity index (χ2v) is 7.21. The molecule has 3 heterocycles. The van der Waals surface area contributed by atoms with Crippen molar-refractivity contribution in [3.63, 3.8) is 0 Å². The van der Waals surface area contributed by atoms with Crippen LogP contribution < -0.4 is 0 Å². The lowest BCUT2D eigenvalue weighted by Gasteiger charge is -2.26. The van der Waals surface area contributed by atoms with Crippen molar-refractivity contribution < 1.29 is 19.1 Å². The molecule has 1 atom stereocenters. The highest BCUT2D eigenvalue weighted by atomic mass is 32.1. The normalized spacial score (nSPS) is 20.8. The van der Waals surface area contributed by atoms with Crippen molar-refractivity contribution in [3.8, 4) is 0 Å². The van der Waals surface area contributed by atoms with Gasteiger partial charge in [0.15, 0.2) is 0 Å². The van der Waals surface area contributed by atoms with Crippen molar-refractivity contribution >= 4 is 29.1 Å². The number of hydrogen-bond acceptors (Lipinski definition) is 5. The number of imide groups is 1. The SMILES string of the molecule is O=C(CCN1C(=O)CCC1=O)N(Cc1cccs1)CC1CCCO1. The number of ether oxygens (including phenoxy) is 1. The third-order valence-corrected chi connectivity index (χ3v) is 5.29. The van der Waals surface area contributed by atoms with E-state index in [1.54, 1.807) is 16.2 Å². The molecule has 1 unspecified atom stereocenters. The molecule has 0 saturated carbocycles. The molecule has 0 bridgehead atoms. The fourth-order valence-electron chi connectivity index (χ4n) is 3.12. The molecule has 3 amide bonds. The largest absolute Gasteiger partial charge is 0.376 e. The summed E-state index contributed by atoms with van der Waals surface area (Å²) in [4.78, 5) is 40.1. The molecule has 0 N–H and O–H groups in total. The van der Waals surface area contributed by atoms with Crippen LogP contribution >= 0.6 is 11.3 Å². The van der Waals surface area contributed by atoms with Gasteiger partial charge in [-0.05, 0) is 24.3 Å². The zero-order valence-corrected chi connectivity index (χ0v) is 14.4. The maximum absolute atomic E-state index is 12.7. The maximum Gasteiger partial charge on any atom is 0.229 e. The van der Waals surface area contributed by atoms with Crippen molar-refractivity contribution in [3.05, 3.63) is 22.4 Å². The molecule has 0 radical (unpaired) electrons. The van der Waals surface area contributed by atoms with Gasteiger partial charge in [-0.3, -0.25) is 19.3 Å². The first-order valence-corrected chi connectivity index (χ1v) is 9.26. The number of carbonyl (C=O) groups is 3. The Balaban J connectivity index is 1.59. The zero-order chi connectivity index (χ0) is 16.9. The molecular formula is C17H22N2O4S. The molecule has 0 aromatic carbocycles. The molecular weight excluding hydrogens is 328 g/mol. The van der Waals surface area contributed by atoms with Gasteiger partial charge < -0.3 is 9.64 Å². The lowest BCUT2D eigenvalue weighted by Crippen LogP contribution is -2.39. The molecule has 2 fully saturated rings. The Morgan fingerprint density at radius 3 is 2.75 bits per heavy atom. The molecule has 2 saturated heterocycles. The van der Waals surface area contributed by atoms with E-state index in [2.05, 4.69) is 0 Å². The van der Waals surface area contributed by atoms with Gasteiger partial charge in [-0.1, -0.05) is 6.07 Å². The average Bonchev–Trinajstić information content (AvgIpc) is 3.30. The lowest BCUT2D eigenvalue weighted by atomic mass is 10.2. The van der Waals surface area contributed by atoms with Gasteiger partial charge in [0.1, 0.15) is 0 Å². The van der Waals surface area contributed by atoms with Gasteiger partial charge in [-0.2, -0.15) is 0 Å². The molecule has 6 nitrogen and oxygen atoms in total. The summed E-state index contributed by atoms with van der Waals surface area (Å²) in [6, 6.07) is 3.98. The molecule has 1 aromatic rings. The van der Waals surface area contributed by atoms with Gasteiger partial charge in [-0.25, -0.2) is 0 Å². The summed E-state index contributed by atoms with van der Waals surface area (Å²) < 4.78 is 5.66. The number of thiophene rings is 1. The van der Waals surface area contributed by atoms with Crippen molar-refractivity contribution in [2.24, 2.45) is 0 Å². The van der Waals surface area contributed by atoms with Gasteiger partial charge in [0.05, 0.1) is 12.6 Å². The number of rotatable bonds is 7. The summed E-state index contributed by atoms with van der Waals surface area (Å²) in [5.74, 6) is -0.375. The Morgan fingerprint density at radius 2 is 2.12 bits per heavy atom. The molecule has 130 valence electrons. The van der Waals surface area contributed by atoms with E-state index in [0.717, 1.165) is 24.3 Å². The summed E-state index contributed by atoms with van der Waals surface area (Å²) in [5.41, 5.74) is 0. The number of carbonyl (C=O) groups excluding carboxylic acids is 3. The lowest BCUT2D eigenvalue weighted by molar-refractivity contribution is -0.139. The monoisotopic (exact) mass is 350 g/mol. The van der Waals surface area contributed by atoms with E-state index < -0.39 is 0 Å². The van der Waals surface area contributed by atoms with E-state index in [9.17, 15) is 14.4 Å². The van der Waals surface area contributed by atoms with E-state index >= 15 is 0 Å². The standard InChI is InChI=1S/C17H22N2O4S/c20-15(7-8-19-16(21)5-6-17(19)22)18(11-13-3-1-9-23-13)12-14-4-2-10-24-14/h2,4,10,13H,1,3,5-9,11-12H2. The zero-order valence-electron chi connectivity index (χ0n) is 13.6. The quantitative estimate of drug-likeness (QED) is 0.703. The minimum atomic E-state index is -0.170. The molecule has 24 heavy (non-hydrogen) atoms. The van der Waals surface area contributed by atoms with E-state index in [0.29, 0.717) is 13.1 Å². The Kier molecular flexibility index (Phi) is 5.63. The van der Waals surface area contributed by atoms with Crippen LogP contribution in [0.25, 0.3) is 0 Å². The molecule has 7 heteroatoms. The van der Waals surface area contributed by atoms with Crippen molar-refractivity contribution in [2.75, 3.05) is 19.7 Å². The van der Waals surface area contributed by atoms with Crippen LogP contribution in [-0.4, -0.2) is 53.3 Å². The van der Waals surface area contributed by atoms with Gasteiger partial charge in [0, 0.05) is 43.8 Å². The van der Waals surface area contributed by atoms with Crippen LogP contribution in [0.1, 0.15) is 37.0 Å². The van der Waals surface area contributed by atoms with Gasteiger partial charge in [0.2, 0.25) is 17.7 Å². The summed E-state index contributed by atoms with van der Waals surface area (Å²) in [7, 11) is 0. The van der Waals surface area contributed by atoms with Crippen LogP contribution in [0.2, 0.25) is 0 Å². The Morgan fingerprint density at radius 1 is 1.33 bits per heavy atom. The topological polar surface area (TPSA) is 66.9 Å². The van der Waals surface area contributed by atoms with Crippen LogP contribution in [0, 0.1) is 0 Å². The van der Waals surface area contributed by atoms with Gasteiger partial charge in [-0.15, -0.1) is 11.3 Å². The number of likely N-dealkylation sites (tertiary alicyclic amines) is 1. The van der Waals surface area contributed by atoms with E-state index in [-0.39, 0.29) is 49.6 Å². The number of hydrogen-bond donors (Lipinski definition) is 0. The third kappa shape index (κ3) is 4.21. The average molecular weight is 350 g/mol. The fourth-order valence-corrected chi connectivity index (χ4v) is 3.84. The Bertz CT molecular complexity index is 580. The molecule has 1 aromatic heterocycles. The van der Waals surface area contributed by atoms with Gasteiger partial charge in [0.25, 0.3) is 0 Å². The summed E-state index contributed by atoms with van der Waals surface area (Å²) >= 11 is 1.62. The number of amides is 3. The molecule has 2 aliphatic heterocycles. The predicted octanol–water partition coefficient (Wildman–Crippen LogP) is 1.79. The first-order chi connectivity index (χ1) is 11.6. The van der Waals surface area contributed by atoms with Gasteiger partial charge >= 0.3 is 0 Å². The van der Waals surface area contributed by atoms with Crippen LogP contribution in [0.15, 0.2) is 17.5 Å². The predicted molar refractivity (Wildman–Crippen MR) is 89.3 cm³/mol. The Labute approximate surface area is 145 Å². The van der Waals surface area contributed by atoms with Crippen molar-refractivity contribution in [1.29, 1.82) is 0 Å². The second kappa shape index (κ2) is 7.90. The van der Waals surface area contributed by atoms with Crippen LogP contribution in [-0.2, 0) is 25.7 Å². The van der Waals surface area contributed by atoms with Crippen LogP contribution in [0.3, 0.4) is 0 Å². The first kappa shape index (κ1) is 17.1. The second-order valence-electron chi connectivity index (χ2n) is 6.18. The first-order valence-electron chi connectivity index (χ1n) is 8.38. The minimum absolute atomic E-state index is 0.0357. The third-order valence-electron chi connectivity index (χ3n) is 4.43. The molecule has 2 aliphatic rings. The van der Waals surface area contributed by atoms with E-state index in [4.69, 9.17) is 4.74 Å². The molecule has 0 aliphatic carbocycles. The Hall–Kier alpha value is -1.73. The summed E-state index contributed by atoms with van der Waals surface area (Å²) in [6.07, 6.45) is 2.79. The smallest absolute Gasteiger partial charge is 0.229 e. The molecule has 0 spiro atoms. The van der Waals surface area contributed by atoms with Crippen molar-refractivity contribution in [1.82, 2.24) is 9.80 Å². The van der Waals surface area contributed by atoms with E-state index in [1.165, 1.54) is 4.90 Å². The highest BCUT2D eigenvalue weighted by Crippen LogP contribution is 2.19. The summed E-state index contributed by atoms with van der Waals surface area (Å²) in [6.45, 7) is 2.06. The van der Waals surface area contributed by atoms with Crippen molar-refractivity contribution in [2.45, 2.75) is 44.8 Å². The van der Waals surface area contributed by atoms with Crippen LogP contribution in [0.5, 0.6) is 0 Å². The highest BCUT2D eigenvalue weighted by molar-refractivity contribution is 7.09. The van der Waals surface area contributed by atoms with E-state index in [1.807, 2.05) is 17.5 Å². The number of nitrogens with zero attached hydrogens (tertiary/aromatic N) is 2. The molecule has 3 rings (SSSR count). The maximum atomic E-state index is 12.7. The summed E-state index contributed by atoms with van der Waals surface area (Å²) in [5, 5.41) is 1.99. The van der Waals surface area contributed by atoms with Crippen LogP contribution in [0.4, 0.5) is 0 Å².